The maximum Gasteiger partial charge on any atom is 0.337 e. The first-order valence-electron chi connectivity index (χ1n) is 9.36. The zero-order chi connectivity index (χ0) is 21.5. The van der Waals surface area contributed by atoms with Gasteiger partial charge in [-0.1, -0.05) is 42.5 Å². The molecule has 0 fully saturated rings. The number of benzene rings is 3. The lowest BCUT2D eigenvalue weighted by Crippen LogP contribution is -2.31. The van der Waals surface area contributed by atoms with E-state index >= 15 is 0 Å². The third-order valence-electron chi connectivity index (χ3n) is 5.17. The summed E-state index contributed by atoms with van der Waals surface area (Å²) >= 11 is 0. The van der Waals surface area contributed by atoms with Crippen molar-refractivity contribution in [3.05, 3.63) is 89.6 Å². The van der Waals surface area contributed by atoms with Crippen molar-refractivity contribution in [1.29, 1.82) is 0 Å². The summed E-state index contributed by atoms with van der Waals surface area (Å²) < 4.78 is 0. The molecular weight excluding hydrogens is 396 g/mol. The molecule has 0 unspecified atom stereocenters. The van der Waals surface area contributed by atoms with Crippen LogP contribution in [-0.4, -0.2) is 38.3 Å². The Morgan fingerprint density at radius 2 is 1.58 bits per heavy atom. The van der Waals surface area contributed by atoms with E-state index in [0.29, 0.717) is 16.8 Å². The Morgan fingerprint density at radius 3 is 2.29 bits per heavy atom. The van der Waals surface area contributed by atoms with Gasteiger partial charge in [0.1, 0.15) is 5.69 Å². The number of nitrogens with one attached hydrogen (secondary N) is 1. The molecule has 4 aromatic rings. The molecule has 0 spiro atoms. The second-order valence-corrected chi connectivity index (χ2v) is 6.96. The Bertz CT molecular complexity index is 1350. The Balaban J connectivity index is 1.59. The van der Waals surface area contributed by atoms with Gasteiger partial charge in [-0.05, 0) is 35.4 Å². The number of hydrogen-bond acceptors (Lipinski definition) is 5. The van der Waals surface area contributed by atoms with Crippen LogP contribution in [0.25, 0.3) is 22.4 Å². The molecule has 2 N–H and O–H groups in total. The minimum absolute atomic E-state index is 0.0290. The maximum atomic E-state index is 13.1. The lowest BCUT2D eigenvalue weighted by Gasteiger charge is -2.17. The summed E-state index contributed by atoms with van der Waals surface area (Å²) in [6.45, 7) is 0. The molecule has 0 atom stereocenters. The molecule has 150 valence electrons. The minimum Gasteiger partial charge on any atom is -0.478 e. The van der Waals surface area contributed by atoms with E-state index in [4.69, 9.17) is 0 Å². The van der Waals surface area contributed by atoms with Crippen LogP contribution >= 0.6 is 0 Å². The highest BCUT2D eigenvalue weighted by Crippen LogP contribution is 2.35. The number of H-pyrrole nitrogens is 1. The Hall–Kier alpha value is -4.59. The van der Waals surface area contributed by atoms with Crippen molar-refractivity contribution in [1.82, 2.24) is 15.4 Å². The number of aromatic nitrogens is 3. The van der Waals surface area contributed by atoms with Crippen LogP contribution in [0.15, 0.2) is 72.9 Å². The molecule has 0 aliphatic carbocycles. The minimum atomic E-state index is -1.23. The fourth-order valence-corrected chi connectivity index (χ4v) is 3.67. The highest BCUT2D eigenvalue weighted by atomic mass is 16.4. The molecule has 0 radical (unpaired) electrons. The number of carbonyl (C=O) groups is 3. The van der Waals surface area contributed by atoms with Gasteiger partial charge >= 0.3 is 5.97 Å². The molecule has 0 saturated heterocycles. The molecule has 1 aromatic heterocycles. The van der Waals surface area contributed by atoms with E-state index in [9.17, 15) is 19.5 Å². The second-order valence-electron chi connectivity index (χ2n) is 6.96. The number of carboxylic acids is 1. The summed E-state index contributed by atoms with van der Waals surface area (Å²) in [6, 6.07) is 18.7. The Morgan fingerprint density at radius 1 is 0.839 bits per heavy atom. The van der Waals surface area contributed by atoms with Gasteiger partial charge < -0.3 is 5.11 Å². The monoisotopic (exact) mass is 410 g/mol. The largest absolute Gasteiger partial charge is 0.478 e. The average molecular weight is 410 g/mol. The van der Waals surface area contributed by atoms with E-state index in [0.717, 1.165) is 10.5 Å². The Labute approximate surface area is 175 Å². The number of rotatable bonds is 4. The van der Waals surface area contributed by atoms with Gasteiger partial charge in [-0.15, -0.1) is 0 Å². The Kier molecular flexibility index (Phi) is 4.18. The number of fused-ring (bicyclic) bond motifs is 1. The van der Waals surface area contributed by atoms with Crippen LogP contribution < -0.4 is 4.90 Å². The molecule has 2 heterocycles. The molecule has 1 aliphatic rings. The number of aromatic carboxylic acids is 1. The lowest BCUT2D eigenvalue weighted by molar-refractivity contribution is 0.0698. The first-order chi connectivity index (χ1) is 15.0. The smallest absolute Gasteiger partial charge is 0.337 e. The molecule has 2 amide bonds. The zero-order valence-corrected chi connectivity index (χ0v) is 15.9. The predicted octanol–water partition coefficient (Wildman–Crippen LogP) is 3.64. The summed E-state index contributed by atoms with van der Waals surface area (Å²) in [5.41, 5.74) is 2.94. The van der Waals surface area contributed by atoms with E-state index in [1.54, 1.807) is 24.3 Å². The van der Waals surface area contributed by atoms with Gasteiger partial charge in [0.2, 0.25) is 0 Å². The summed E-state index contributed by atoms with van der Waals surface area (Å²) in [6.07, 6.45) is 1.51. The maximum absolute atomic E-state index is 13.1. The molecule has 31 heavy (non-hydrogen) atoms. The number of carbonyl (C=O) groups excluding carboxylic acids is 2. The molecule has 0 bridgehead atoms. The summed E-state index contributed by atoms with van der Waals surface area (Å²) in [5.74, 6) is -2.38. The topological polar surface area (TPSA) is 116 Å². The first kappa shape index (κ1) is 18.4. The molecular formula is C23H14N4O4. The van der Waals surface area contributed by atoms with E-state index in [1.807, 2.05) is 30.3 Å². The van der Waals surface area contributed by atoms with Crippen molar-refractivity contribution >= 4 is 23.5 Å². The molecule has 1 aliphatic heterocycles. The fraction of sp³-hybridized carbons (Fsp3) is 0. The van der Waals surface area contributed by atoms with Gasteiger partial charge in [0, 0.05) is 5.56 Å². The summed E-state index contributed by atoms with van der Waals surface area (Å²) in [7, 11) is 0. The van der Waals surface area contributed by atoms with Crippen molar-refractivity contribution < 1.29 is 19.5 Å². The van der Waals surface area contributed by atoms with Gasteiger partial charge in [-0.25, -0.2) is 9.69 Å². The van der Waals surface area contributed by atoms with Gasteiger partial charge in [0.15, 0.2) is 0 Å². The number of hydrogen-bond donors (Lipinski definition) is 2. The van der Waals surface area contributed by atoms with E-state index in [-0.39, 0.29) is 22.4 Å². The molecule has 8 nitrogen and oxygen atoms in total. The van der Waals surface area contributed by atoms with Crippen LogP contribution in [0.1, 0.15) is 31.1 Å². The van der Waals surface area contributed by atoms with Crippen molar-refractivity contribution in [2.75, 3.05) is 4.90 Å². The number of carboxylic acid groups (broad SMARTS) is 1. The van der Waals surface area contributed by atoms with Gasteiger partial charge in [-0.3, -0.25) is 9.59 Å². The molecule has 0 saturated carbocycles. The van der Waals surface area contributed by atoms with Gasteiger partial charge in [-0.2, -0.15) is 15.4 Å². The standard InChI is InChI=1S/C23H14N4O4/c28-21-16-8-6-15(19-12-24-26-25-19)11-17(16)22(29)27(21)20-9-7-14(10-18(20)23(30)31)13-4-2-1-3-5-13/h1-12H,(H,30,31)(H,24,25,26). The third-order valence-corrected chi connectivity index (χ3v) is 5.17. The third kappa shape index (κ3) is 2.98. The number of aromatic amines is 1. The molecule has 8 heteroatoms. The van der Waals surface area contributed by atoms with E-state index < -0.39 is 17.8 Å². The quantitative estimate of drug-likeness (QED) is 0.496. The summed E-state index contributed by atoms with van der Waals surface area (Å²) in [4.78, 5) is 39.0. The number of imide groups is 1. The van der Waals surface area contributed by atoms with Crippen LogP contribution in [0.5, 0.6) is 0 Å². The van der Waals surface area contributed by atoms with Crippen molar-refractivity contribution in [2.45, 2.75) is 0 Å². The van der Waals surface area contributed by atoms with Crippen LogP contribution in [-0.2, 0) is 0 Å². The SMILES string of the molecule is O=C(O)c1cc(-c2ccccc2)ccc1N1C(=O)c2ccc(-c3cn[nH]n3)cc2C1=O. The average Bonchev–Trinajstić information content (AvgIpc) is 3.41. The normalized spacial score (nSPS) is 12.8. The summed E-state index contributed by atoms with van der Waals surface area (Å²) in [5, 5.41) is 20.0. The number of anilines is 1. The lowest BCUT2D eigenvalue weighted by atomic mass is 10.0. The van der Waals surface area contributed by atoms with Crippen molar-refractivity contribution in [3.63, 3.8) is 0 Å². The van der Waals surface area contributed by atoms with Crippen LogP contribution in [0.4, 0.5) is 5.69 Å². The van der Waals surface area contributed by atoms with Crippen LogP contribution in [0.2, 0.25) is 0 Å². The van der Waals surface area contributed by atoms with E-state index in [1.165, 1.54) is 18.3 Å². The highest BCUT2D eigenvalue weighted by molar-refractivity contribution is 6.35. The van der Waals surface area contributed by atoms with Gasteiger partial charge in [0.25, 0.3) is 11.8 Å². The highest BCUT2D eigenvalue weighted by Gasteiger charge is 2.38. The number of amides is 2. The molecule has 3 aromatic carbocycles. The number of nitrogens with zero attached hydrogens (tertiary/aromatic N) is 3. The van der Waals surface area contributed by atoms with Gasteiger partial charge in [0.05, 0.1) is 28.6 Å². The van der Waals surface area contributed by atoms with E-state index in [2.05, 4.69) is 15.4 Å². The van der Waals surface area contributed by atoms with Crippen LogP contribution in [0.3, 0.4) is 0 Å². The second kappa shape index (κ2) is 7.03. The fourth-order valence-electron chi connectivity index (χ4n) is 3.67. The van der Waals surface area contributed by atoms with Crippen LogP contribution in [0, 0.1) is 0 Å². The zero-order valence-electron chi connectivity index (χ0n) is 15.9. The van der Waals surface area contributed by atoms with Crippen molar-refractivity contribution in [3.8, 4) is 22.4 Å². The predicted molar refractivity (Wildman–Crippen MR) is 112 cm³/mol. The molecule has 5 rings (SSSR count). The first-order valence-corrected chi connectivity index (χ1v) is 9.36. The van der Waals surface area contributed by atoms with Crippen molar-refractivity contribution in [2.24, 2.45) is 0 Å².